The van der Waals surface area contributed by atoms with Crippen molar-refractivity contribution in [2.75, 3.05) is 0 Å². The van der Waals surface area contributed by atoms with Crippen LogP contribution in [0.25, 0.3) is 120 Å². The molecule has 0 fully saturated rings. The molecule has 0 radical (unpaired) electrons. The van der Waals surface area contributed by atoms with E-state index in [2.05, 4.69) is 172 Å². The van der Waals surface area contributed by atoms with E-state index in [9.17, 15) is 0 Å². The van der Waals surface area contributed by atoms with Gasteiger partial charge >= 0.3 is 0 Å². The van der Waals surface area contributed by atoms with Crippen molar-refractivity contribution in [3.05, 3.63) is 191 Å². The molecule has 5 heterocycles. The second kappa shape index (κ2) is 16.6. The van der Waals surface area contributed by atoms with Gasteiger partial charge in [-0.2, -0.15) is 0 Å². The highest BCUT2D eigenvalue weighted by atomic mass is 32.2. The number of fused-ring (bicyclic) bond motifs is 12. The Morgan fingerprint density at radius 1 is 0.353 bits per heavy atom. The molecule has 0 aliphatic carbocycles. The van der Waals surface area contributed by atoms with Gasteiger partial charge in [-0.25, -0.2) is 0 Å². The molecule has 0 bridgehead atoms. The summed E-state index contributed by atoms with van der Waals surface area (Å²) in [4.78, 5) is 5.03. The van der Waals surface area contributed by atoms with Crippen LogP contribution in [-0.2, 0) is 0 Å². The van der Waals surface area contributed by atoms with Crippen LogP contribution < -0.4 is 0 Å². The maximum Gasteiger partial charge on any atom is 0.136 e. The van der Waals surface area contributed by atoms with E-state index in [1.165, 1.54) is 42.5 Å². The van der Waals surface area contributed by atoms with Crippen molar-refractivity contribution in [3.63, 3.8) is 0 Å². The number of thioether (sulfide) groups is 2. The average Bonchev–Trinajstić information content (AvgIpc) is 4.11. The van der Waals surface area contributed by atoms with Gasteiger partial charge in [-0.1, -0.05) is 142 Å². The molecule has 4 nitrogen and oxygen atoms in total. The first-order valence-corrected chi connectivity index (χ1v) is 25.4. The zero-order valence-electron chi connectivity index (χ0n) is 37.9. The Balaban J connectivity index is 0.905. The second-order valence-corrected chi connectivity index (χ2v) is 20.3. The maximum absolute atomic E-state index is 6.63. The Morgan fingerprint density at radius 3 is 1.15 bits per heavy atom. The molecule has 6 heteroatoms. The average molecular weight is 919 g/mol. The summed E-state index contributed by atoms with van der Waals surface area (Å²) in [5, 5.41) is 8.57. The van der Waals surface area contributed by atoms with E-state index >= 15 is 0 Å². The van der Waals surface area contributed by atoms with E-state index < -0.39 is 0 Å². The molecule has 0 unspecified atom stereocenters. The van der Waals surface area contributed by atoms with Crippen molar-refractivity contribution in [1.29, 1.82) is 0 Å². The molecule has 12 aromatic rings. The Labute approximate surface area is 402 Å². The van der Waals surface area contributed by atoms with Gasteiger partial charge in [0, 0.05) is 62.7 Å². The highest BCUT2D eigenvalue weighted by molar-refractivity contribution is 8.17. The van der Waals surface area contributed by atoms with E-state index in [1.54, 1.807) is 0 Å². The Kier molecular flexibility index (Phi) is 10.0. The summed E-state index contributed by atoms with van der Waals surface area (Å²) in [6.07, 6.45) is 6.32. The molecule has 1 aliphatic heterocycles. The third kappa shape index (κ3) is 6.92. The smallest absolute Gasteiger partial charge is 0.136 e. The first kappa shape index (κ1) is 41.1. The van der Waals surface area contributed by atoms with Crippen molar-refractivity contribution >= 4 is 121 Å². The van der Waals surface area contributed by atoms with Crippen molar-refractivity contribution in [3.8, 4) is 22.3 Å². The highest BCUT2D eigenvalue weighted by Crippen LogP contribution is 2.55. The Morgan fingerprint density at radius 2 is 0.721 bits per heavy atom. The molecule has 0 atom stereocenters. The Hall–Kier alpha value is -7.12. The van der Waals surface area contributed by atoms with Gasteiger partial charge in [0.15, 0.2) is 0 Å². The molecule has 0 saturated heterocycles. The van der Waals surface area contributed by atoms with Crippen molar-refractivity contribution in [2.45, 2.75) is 52.4 Å². The first-order chi connectivity index (χ1) is 33.5. The summed E-state index contributed by atoms with van der Waals surface area (Å²) < 4.78 is 26.3. The number of benzene rings is 8. The summed E-state index contributed by atoms with van der Waals surface area (Å²) >= 11 is 3.77. The van der Waals surface area contributed by atoms with Gasteiger partial charge < -0.3 is 17.7 Å². The van der Waals surface area contributed by atoms with Crippen LogP contribution in [0.5, 0.6) is 0 Å². The fraction of sp³-hybridized carbons (Fsp3) is 0.129. The summed E-state index contributed by atoms with van der Waals surface area (Å²) in [5.41, 5.74) is 15.3. The Bertz CT molecular complexity index is 4060. The van der Waals surface area contributed by atoms with Crippen LogP contribution in [0, 0.1) is 0 Å². The zero-order valence-corrected chi connectivity index (χ0v) is 39.5. The molecule has 68 heavy (non-hydrogen) atoms. The molecule has 0 N–H and O–H groups in total. The van der Waals surface area contributed by atoms with E-state index in [4.69, 9.17) is 24.2 Å². The van der Waals surface area contributed by atoms with Crippen LogP contribution in [0.4, 0.5) is 0 Å². The molecular formula is C62H46O4S2. The van der Waals surface area contributed by atoms with Crippen LogP contribution in [0.2, 0.25) is 0 Å². The fourth-order valence-electron chi connectivity index (χ4n) is 10.2. The number of allylic oxidation sites excluding steroid dienone is 2. The van der Waals surface area contributed by atoms with Gasteiger partial charge in [0.2, 0.25) is 0 Å². The molecule has 13 rings (SSSR count). The van der Waals surface area contributed by atoms with Gasteiger partial charge in [-0.15, -0.1) is 0 Å². The summed E-state index contributed by atoms with van der Waals surface area (Å²) in [5.74, 6) is 0. The number of unbranched alkanes of at least 4 members (excludes halogenated alkanes) is 2. The lowest BCUT2D eigenvalue weighted by molar-refractivity contribution is 0.664. The lowest BCUT2D eigenvalue weighted by Gasteiger charge is -2.15. The SMILES string of the molecule is C=C1SC(c2ccc3oc4cc5c(cc4c3c2)oc2ccc(-c3ccccc3)cc25)=C(CCCC)SC(c2ccc3oc4cc5c(cc4c3c2)oc2ccc(-c3ccccc3)cc25)=C1CCCC. The first-order valence-electron chi connectivity index (χ1n) is 23.8. The number of hydrogen-bond donors (Lipinski definition) is 0. The van der Waals surface area contributed by atoms with Crippen LogP contribution in [0.3, 0.4) is 0 Å². The maximum atomic E-state index is 6.63. The molecule has 0 amide bonds. The minimum absolute atomic E-state index is 0.858. The molecule has 8 aromatic carbocycles. The lowest BCUT2D eigenvalue weighted by atomic mass is 10.0. The monoisotopic (exact) mass is 918 g/mol. The molecule has 4 aromatic heterocycles. The molecule has 0 spiro atoms. The standard InChI is InChI=1S/C62H46O4S2/c1-4-6-18-43-36(3)67-62(42-23-27-55-47(31-42)51-35-57-49(33-59(51)66-55)45-29-40(21-25-53(45)64-57)38-16-12-9-13-17-38)60(19-7-5-2)68-61(43)41-22-26-54-46(30-41)50-34-56-48(32-58(50)65-54)44-28-39(20-24-52(44)63-56)37-14-10-8-11-15-37/h8-17,20-35H,3-7,18-19H2,1-2H3. The van der Waals surface area contributed by atoms with Crippen molar-refractivity contribution < 1.29 is 17.7 Å². The summed E-state index contributed by atoms with van der Waals surface area (Å²) in [6, 6.07) is 56.0. The van der Waals surface area contributed by atoms with Crippen LogP contribution in [0.15, 0.2) is 197 Å². The topological polar surface area (TPSA) is 52.6 Å². The summed E-state index contributed by atoms with van der Waals surface area (Å²) in [7, 11) is 0. The van der Waals surface area contributed by atoms with Crippen molar-refractivity contribution in [1.82, 2.24) is 0 Å². The number of rotatable bonds is 10. The fourth-order valence-corrected chi connectivity index (χ4v) is 12.8. The van der Waals surface area contributed by atoms with Gasteiger partial charge in [-0.3, -0.25) is 0 Å². The van der Waals surface area contributed by atoms with Gasteiger partial charge in [0.1, 0.15) is 44.7 Å². The predicted molar refractivity (Wildman–Crippen MR) is 290 cm³/mol. The predicted octanol–water partition coefficient (Wildman–Crippen LogP) is 20.1. The molecule has 1 aliphatic rings. The normalized spacial score (nSPS) is 13.9. The third-order valence-electron chi connectivity index (χ3n) is 13.7. The second-order valence-electron chi connectivity index (χ2n) is 18.1. The van der Waals surface area contributed by atoms with Crippen molar-refractivity contribution in [2.24, 2.45) is 0 Å². The largest absolute Gasteiger partial charge is 0.456 e. The van der Waals surface area contributed by atoms with E-state index in [1.807, 2.05) is 23.5 Å². The molecule has 330 valence electrons. The van der Waals surface area contributed by atoms with Gasteiger partial charge in [-0.05, 0) is 137 Å². The highest BCUT2D eigenvalue weighted by Gasteiger charge is 2.26. The van der Waals surface area contributed by atoms with Crippen LogP contribution >= 0.6 is 23.5 Å². The minimum Gasteiger partial charge on any atom is -0.456 e. The number of hydrogen-bond acceptors (Lipinski definition) is 6. The van der Waals surface area contributed by atoms with E-state index in [0.717, 1.165) is 142 Å². The third-order valence-corrected chi connectivity index (χ3v) is 16.4. The van der Waals surface area contributed by atoms with Crippen LogP contribution in [0.1, 0.15) is 63.5 Å². The van der Waals surface area contributed by atoms with Gasteiger partial charge in [0.05, 0.1) is 0 Å². The van der Waals surface area contributed by atoms with E-state index in [-0.39, 0.29) is 0 Å². The summed E-state index contributed by atoms with van der Waals surface area (Å²) in [6.45, 7) is 9.39. The zero-order chi connectivity index (χ0) is 45.5. The van der Waals surface area contributed by atoms with Gasteiger partial charge in [0.25, 0.3) is 0 Å². The lowest BCUT2D eigenvalue weighted by Crippen LogP contribution is -1.91. The minimum atomic E-state index is 0.858. The molecule has 0 saturated carbocycles. The molecular weight excluding hydrogens is 873 g/mol. The number of furan rings is 4. The quantitative estimate of drug-likeness (QED) is 0.136. The van der Waals surface area contributed by atoms with E-state index in [0.29, 0.717) is 0 Å². The van der Waals surface area contributed by atoms with Crippen LogP contribution in [-0.4, -0.2) is 0 Å².